The molecular formula is C16H22N2O2. The van der Waals surface area contributed by atoms with Crippen LogP contribution in [0.3, 0.4) is 0 Å². The number of aliphatic hydroxyl groups excluding tert-OH is 1. The monoisotopic (exact) mass is 274 g/mol. The Hall–Kier alpha value is -1.81. The van der Waals surface area contributed by atoms with Crippen molar-refractivity contribution in [3.8, 4) is 0 Å². The zero-order chi connectivity index (χ0) is 14.7. The molecule has 2 N–H and O–H groups in total. The highest BCUT2D eigenvalue weighted by Gasteiger charge is 2.15. The summed E-state index contributed by atoms with van der Waals surface area (Å²) >= 11 is 0. The van der Waals surface area contributed by atoms with Gasteiger partial charge in [-0.05, 0) is 18.4 Å². The lowest BCUT2D eigenvalue weighted by atomic mass is 10.1. The van der Waals surface area contributed by atoms with E-state index in [9.17, 15) is 9.90 Å². The van der Waals surface area contributed by atoms with Gasteiger partial charge in [0, 0.05) is 30.7 Å². The molecule has 108 valence electrons. The van der Waals surface area contributed by atoms with Crippen LogP contribution in [0, 0.1) is 5.92 Å². The first kappa shape index (κ1) is 14.6. The predicted molar refractivity (Wildman–Crippen MR) is 80.7 cm³/mol. The molecule has 4 nitrogen and oxygen atoms in total. The lowest BCUT2D eigenvalue weighted by Gasteiger charge is -2.13. The third kappa shape index (κ3) is 3.20. The van der Waals surface area contributed by atoms with E-state index < -0.39 is 6.10 Å². The second-order valence-corrected chi connectivity index (χ2v) is 5.66. The number of rotatable bonds is 5. The summed E-state index contributed by atoms with van der Waals surface area (Å²) in [5, 5.41) is 13.6. The fourth-order valence-electron chi connectivity index (χ4n) is 2.46. The van der Waals surface area contributed by atoms with E-state index in [1.807, 2.05) is 42.1 Å². The molecule has 20 heavy (non-hydrogen) atoms. The largest absolute Gasteiger partial charge is 0.391 e. The Labute approximate surface area is 119 Å². The Morgan fingerprint density at radius 1 is 1.35 bits per heavy atom. The number of nitrogens with zero attached hydrogens (tertiary/aromatic N) is 1. The quantitative estimate of drug-likeness (QED) is 0.879. The van der Waals surface area contributed by atoms with Crippen molar-refractivity contribution in [3.05, 3.63) is 36.0 Å². The minimum atomic E-state index is -0.492. The smallest absolute Gasteiger partial charge is 0.253 e. The Morgan fingerprint density at radius 3 is 2.75 bits per heavy atom. The molecule has 2 rings (SSSR count). The Kier molecular flexibility index (Phi) is 4.45. The van der Waals surface area contributed by atoms with Gasteiger partial charge in [0.1, 0.15) is 0 Å². The molecule has 0 aliphatic carbocycles. The van der Waals surface area contributed by atoms with Crippen LogP contribution in [-0.2, 0) is 7.05 Å². The summed E-state index contributed by atoms with van der Waals surface area (Å²) in [6.07, 6.45) is 2.03. The summed E-state index contributed by atoms with van der Waals surface area (Å²) in [5.74, 6) is 0.282. The van der Waals surface area contributed by atoms with E-state index in [-0.39, 0.29) is 5.91 Å². The second-order valence-electron chi connectivity index (χ2n) is 5.66. The molecule has 0 saturated heterocycles. The van der Waals surface area contributed by atoms with Gasteiger partial charge in [-0.2, -0.15) is 0 Å². The van der Waals surface area contributed by atoms with Gasteiger partial charge in [0.25, 0.3) is 5.91 Å². The van der Waals surface area contributed by atoms with Crippen LogP contribution in [0.5, 0.6) is 0 Å². The lowest BCUT2D eigenvalue weighted by Crippen LogP contribution is -2.32. The maximum atomic E-state index is 12.2. The number of carbonyl (C=O) groups is 1. The van der Waals surface area contributed by atoms with E-state index in [0.717, 1.165) is 10.9 Å². The summed E-state index contributed by atoms with van der Waals surface area (Å²) < 4.78 is 1.94. The highest BCUT2D eigenvalue weighted by molar-refractivity contribution is 6.06. The summed E-state index contributed by atoms with van der Waals surface area (Å²) in [7, 11) is 1.92. The first-order chi connectivity index (χ1) is 9.49. The molecule has 1 unspecified atom stereocenters. The number of hydrogen-bond donors (Lipinski definition) is 2. The van der Waals surface area contributed by atoms with Crippen molar-refractivity contribution in [2.45, 2.75) is 26.4 Å². The average Bonchev–Trinajstić information content (AvgIpc) is 2.73. The van der Waals surface area contributed by atoms with E-state index in [4.69, 9.17) is 0 Å². The number of nitrogens with one attached hydrogen (secondary N) is 1. The number of amides is 1. The van der Waals surface area contributed by atoms with Crippen molar-refractivity contribution >= 4 is 16.8 Å². The van der Waals surface area contributed by atoms with Crippen LogP contribution in [0.2, 0.25) is 0 Å². The van der Waals surface area contributed by atoms with Gasteiger partial charge in [0.15, 0.2) is 0 Å². The van der Waals surface area contributed by atoms with Gasteiger partial charge >= 0.3 is 0 Å². The fraction of sp³-hybridized carbons (Fsp3) is 0.438. The average molecular weight is 274 g/mol. The molecule has 1 heterocycles. The molecule has 0 aliphatic rings. The summed E-state index contributed by atoms with van der Waals surface area (Å²) in [6.45, 7) is 4.39. The summed E-state index contributed by atoms with van der Waals surface area (Å²) in [5.41, 5.74) is 1.68. The van der Waals surface area contributed by atoms with Gasteiger partial charge in [0.05, 0.1) is 11.7 Å². The van der Waals surface area contributed by atoms with Crippen molar-refractivity contribution in [2.24, 2.45) is 13.0 Å². The second kappa shape index (κ2) is 6.09. The minimum absolute atomic E-state index is 0.135. The minimum Gasteiger partial charge on any atom is -0.391 e. The number of aryl methyl sites for hydroxylation is 1. The van der Waals surface area contributed by atoms with Crippen molar-refractivity contribution < 1.29 is 9.90 Å². The van der Waals surface area contributed by atoms with E-state index in [1.54, 1.807) is 0 Å². The number of fused-ring (bicyclic) bond motifs is 1. The first-order valence-corrected chi connectivity index (χ1v) is 6.99. The Bertz CT molecular complexity index is 602. The van der Waals surface area contributed by atoms with Crippen molar-refractivity contribution in [2.75, 3.05) is 6.54 Å². The molecular weight excluding hydrogens is 252 g/mol. The van der Waals surface area contributed by atoms with Crippen molar-refractivity contribution in [3.63, 3.8) is 0 Å². The maximum absolute atomic E-state index is 12.2. The van der Waals surface area contributed by atoms with Crippen LogP contribution in [-0.4, -0.2) is 28.2 Å². The highest BCUT2D eigenvalue weighted by Crippen LogP contribution is 2.20. The van der Waals surface area contributed by atoms with Crippen LogP contribution in [0.1, 0.15) is 30.6 Å². The standard InChI is InChI=1S/C16H22N2O2/c1-11(2)8-12(19)9-17-16(20)14-10-18(3)15-7-5-4-6-13(14)15/h4-7,10-12,19H,8-9H2,1-3H3,(H,17,20). The van der Waals surface area contributed by atoms with Crippen molar-refractivity contribution in [1.29, 1.82) is 0 Å². The molecule has 1 amide bonds. The topological polar surface area (TPSA) is 54.3 Å². The van der Waals surface area contributed by atoms with Crippen LogP contribution in [0.25, 0.3) is 10.9 Å². The van der Waals surface area contributed by atoms with E-state index >= 15 is 0 Å². The number of para-hydroxylation sites is 1. The number of aliphatic hydroxyl groups is 1. The predicted octanol–water partition coefficient (Wildman–Crippen LogP) is 2.32. The summed E-state index contributed by atoms with van der Waals surface area (Å²) in [6, 6.07) is 7.80. The molecule has 0 saturated carbocycles. The lowest BCUT2D eigenvalue weighted by molar-refractivity contribution is 0.0901. The number of benzene rings is 1. The van der Waals surface area contributed by atoms with Crippen molar-refractivity contribution in [1.82, 2.24) is 9.88 Å². The molecule has 1 aromatic heterocycles. The number of hydrogen-bond acceptors (Lipinski definition) is 2. The van der Waals surface area contributed by atoms with Gasteiger partial charge in [0.2, 0.25) is 0 Å². The highest BCUT2D eigenvalue weighted by atomic mass is 16.3. The molecule has 1 aromatic carbocycles. The van der Waals surface area contributed by atoms with Gasteiger partial charge in [-0.3, -0.25) is 4.79 Å². The van der Waals surface area contributed by atoms with Crippen LogP contribution >= 0.6 is 0 Å². The molecule has 2 aromatic rings. The van der Waals surface area contributed by atoms with E-state index in [2.05, 4.69) is 19.2 Å². The van der Waals surface area contributed by atoms with Crippen LogP contribution in [0.4, 0.5) is 0 Å². The molecule has 4 heteroatoms. The molecule has 0 fully saturated rings. The maximum Gasteiger partial charge on any atom is 0.253 e. The molecule has 1 atom stereocenters. The summed E-state index contributed by atoms with van der Waals surface area (Å²) in [4.78, 5) is 12.2. The molecule has 0 bridgehead atoms. The van der Waals surface area contributed by atoms with E-state index in [1.165, 1.54) is 0 Å². The first-order valence-electron chi connectivity index (χ1n) is 6.99. The zero-order valence-corrected chi connectivity index (χ0v) is 12.3. The normalized spacial score (nSPS) is 12.8. The van der Waals surface area contributed by atoms with Crippen LogP contribution in [0.15, 0.2) is 30.5 Å². The van der Waals surface area contributed by atoms with Gasteiger partial charge in [-0.1, -0.05) is 32.0 Å². The van der Waals surface area contributed by atoms with Gasteiger partial charge in [-0.25, -0.2) is 0 Å². The molecule has 0 spiro atoms. The van der Waals surface area contributed by atoms with Gasteiger partial charge in [-0.15, -0.1) is 0 Å². The number of carbonyl (C=O) groups excluding carboxylic acids is 1. The van der Waals surface area contributed by atoms with Gasteiger partial charge < -0.3 is 15.0 Å². The Morgan fingerprint density at radius 2 is 2.05 bits per heavy atom. The third-order valence-corrected chi connectivity index (χ3v) is 3.38. The Balaban J connectivity index is 2.08. The fourth-order valence-corrected chi connectivity index (χ4v) is 2.46. The molecule has 0 aliphatic heterocycles. The third-order valence-electron chi connectivity index (χ3n) is 3.38. The van der Waals surface area contributed by atoms with Crippen LogP contribution < -0.4 is 5.32 Å². The molecule has 0 radical (unpaired) electrons. The number of aromatic nitrogens is 1. The SMILES string of the molecule is CC(C)CC(O)CNC(=O)c1cn(C)c2ccccc12. The zero-order valence-electron chi connectivity index (χ0n) is 12.3. The van der Waals surface area contributed by atoms with E-state index in [0.29, 0.717) is 24.4 Å².